The van der Waals surface area contributed by atoms with E-state index >= 15 is 0 Å². The molecule has 5 rings (SSSR count). The maximum absolute atomic E-state index is 13.1. The topological polar surface area (TPSA) is 92.2 Å². The molecule has 8 nitrogen and oxygen atoms in total. The van der Waals surface area contributed by atoms with E-state index in [0.29, 0.717) is 29.1 Å². The number of rotatable bonds is 6. The van der Waals surface area contributed by atoms with Crippen molar-refractivity contribution in [1.29, 1.82) is 0 Å². The number of nitrogens with zero attached hydrogens (tertiary/aromatic N) is 4. The number of hydrogen-bond donors (Lipinski definition) is 0. The minimum absolute atomic E-state index is 0.0304. The molecule has 30 heavy (non-hydrogen) atoms. The van der Waals surface area contributed by atoms with Gasteiger partial charge in [-0.05, 0) is 44.0 Å². The monoisotopic (exact) mass is 404 g/mol. The lowest BCUT2D eigenvalue weighted by molar-refractivity contribution is 0.340. The van der Waals surface area contributed by atoms with Crippen LogP contribution in [0.3, 0.4) is 0 Å². The molecule has 0 amide bonds. The molecule has 4 aromatic rings. The number of ether oxygens (including phenoxy) is 1. The SMILES string of the molecule is CCOc1ccccc1-c1noc(Cn2c(=O)n(C3CC3)c(=O)c3ccccc32)n1. The van der Waals surface area contributed by atoms with Crippen LogP contribution in [0, 0.1) is 0 Å². The predicted octanol–water partition coefficient (Wildman–Crippen LogP) is 3.00. The van der Waals surface area contributed by atoms with E-state index in [0.717, 1.165) is 18.4 Å². The van der Waals surface area contributed by atoms with Gasteiger partial charge in [-0.1, -0.05) is 29.4 Å². The molecular formula is C22H20N4O4. The fraction of sp³-hybridized carbons (Fsp3) is 0.273. The molecule has 0 aliphatic heterocycles. The van der Waals surface area contributed by atoms with E-state index in [1.807, 2.05) is 31.2 Å². The minimum Gasteiger partial charge on any atom is -0.493 e. The molecule has 2 heterocycles. The van der Waals surface area contributed by atoms with Gasteiger partial charge in [0.1, 0.15) is 12.3 Å². The van der Waals surface area contributed by atoms with Gasteiger partial charge >= 0.3 is 5.69 Å². The second-order valence-electron chi connectivity index (χ2n) is 7.23. The van der Waals surface area contributed by atoms with E-state index in [4.69, 9.17) is 9.26 Å². The second kappa shape index (κ2) is 7.29. The van der Waals surface area contributed by atoms with Crippen LogP contribution in [0.15, 0.2) is 62.6 Å². The van der Waals surface area contributed by atoms with Crippen LogP contribution in [0.25, 0.3) is 22.3 Å². The average Bonchev–Trinajstić information content (AvgIpc) is 3.49. The highest BCUT2D eigenvalue weighted by atomic mass is 16.5. The summed E-state index contributed by atoms with van der Waals surface area (Å²) < 4.78 is 14.0. The van der Waals surface area contributed by atoms with Gasteiger partial charge in [0.15, 0.2) is 0 Å². The molecule has 2 aromatic carbocycles. The average molecular weight is 404 g/mol. The van der Waals surface area contributed by atoms with Crippen molar-refractivity contribution >= 4 is 10.9 Å². The molecule has 1 saturated carbocycles. The normalized spacial score (nSPS) is 13.6. The molecule has 0 spiro atoms. The zero-order valence-corrected chi connectivity index (χ0v) is 16.4. The molecule has 1 aliphatic carbocycles. The Bertz CT molecular complexity index is 1350. The molecule has 2 aromatic heterocycles. The van der Waals surface area contributed by atoms with Gasteiger partial charge in [-0.15, -0.1) is 0 Å². The summed E-state index contributed by atoms with van der Waals surface area (Å²) in [6.45, 7) is 2.51. The molecular weight excluding hydrogens is 384 g/mol. The molecule has 1 aliphatic rings. The van der Waals surface area contributed by atoms with Gasteiger partial charge in [-0.3, -0.25) is 13.9 Å². The van der Waals surface area contributed by atoms with Gasteiger partial charge in [0.2, 0.25) is 11.7 Å². The number of benzene rings is 2. The van der Waals surface area contributed by atoms with E-state index in [1.165, 1.54) is 9.13 Å². The van der Waals surface area contributed by atoms with Crippen LogP contribution >= 0.6 is 0 Å². The molecule has 0 N–H and O–H groups in total. The molecule has 0 atom stereocenters. The largest absolute Gasteiger partial charge is 0.493 e. The van der Waals surface area contributed by atoms with Crippen molar-refractivity contribution < 1.29 is 9.26 Å². The van der Waals surface area contributed by atoms with Crippen LogP contribution < -0.4 is 16.0 Å². The third kappa shape index (κ3) is 3.10. The summed E-state index contributed by atoms with van der Waals surface area (Å²) in [4.78, 5) is 30.4. The summed E-state index contributed by atoms with van der Waals surface area (Å²) in [6.07, 6.45) is 1.68. The van der Waals surface area contributed by atoms with Gasteiger partial charge in [-0.2, -0.15) is 4.98 Å². The van der Waals surface area contributed by atoms with E-state index in [2.05, 4.69) is 10.1 Å². The first-order chi connectivity index (χ1) is 14.7. The Morgan fingerprint density at radius 1 is 1.10 bits per heavy atom. The lowest BCUT2D eigenvalue weighted by Gasteiger charge is -2.12. The van der Waals surface area contributed by atoms with Crippen molar-refractivity contribution in [3.63, 3.8) is 0 Å². The lowest BCUT2D eigenvalue weighted by atomic mass is 10.2. The third-order valence-electron chi connectivity index (χ3n) is 5.18. The Morgan fingerprint density at radius 3 is 2.67 bits per heavy atom. The number of aromatic nitrogens is 4. The quantitative estimate of drug-likeness (QED) is 0.491. The van der Waals surface area contributed by atoms with Gasteiger partial charge in [0.25, 0.3) is 5.56 Å². The second-order valence-corrected chi connectivity index (χ2v) is 7.23. The number of fused-ring (bicyclic) bond motifs is 1. The van der Waals surface area contributed by atoms with Crippen LogP contribution in [0.1, 0.15) is 31.7 Å². The predicted molar refractivity (Wildman–Crippen MR) is 111 cm³/mol. The Kier molecular flexibility index (Phi) is 4.46. The van der Waals surface area contributed by atoms with Crippen LogP contribution in [0.2, 0.25) is 0 Å². The molecule has 152 valence electrons. The van der Waals surface area contributed by atoms with E-state index < -0.39 is 0 Å². The summed E-state index contributed by atoms with van der Waals surface area (Å²) in [5, 5.41) is 4.58. The summed E-state index contributed by atoms with van der Waals surface area (Å²) in [6, 6.07) is 14.5. The van der Waals surface area contributed by atoms with E-state index in [9.17, 15) is 9.59 Å². The smallest absolute Gasteiger partial charge is 0.332 e. The molecule has 0 saturated heterocycles. The molecule has 0 unspecified atom stereocenters. The molecule has 0 bridgehead atoms. The summed E-state index contributed by atoms with van der Waals surface area (Å²) in [5.74, 6) is 1.34. The van der Waals surface area contributed by atoms with Crippen LogP contribution in [0.5, 0.6) is 5.75 Å². The van der Waals surface area contributed by atoms with Gasteiger partial charge in [0, 0.05) is 6.04 Å². The standard InChI is InChI=1S/C22H20N4O4/c1-2-29-18-10-6-4-8-16(18)20-23-19(30-24-20)13-25-17-9-5-3-7-15(17)21(27)26(22(25)28)14-11-12-14/h3-10,14H,2,11-13H2,1H3. The summed E-state index contributed by atoms with van der Waals surface area (Å²) in [5.41, 5.74) is 0.676. The van der Waals surface area contributed by atoms with Crippen molar-refractivity contribution in [3.8, 4) is 17.1 Å². The molecule has 8 heteroatoms. The molecule has 1 fully saturated rings. The highest BCUT2D eigenvalue weighted by Gasteiger charge is 2.29. The number of hydrogen-bond acceptors (Lipinski definition) is 6. The van der Waals surface area contributed by atoms with Crippen molar-refractivity contribution in [3.05, 3.63) is 75.3 Å². The Morgan fingerprint density at radius 2 is 1.87 bits per heavy atom. The Labute approximate surface area is 171 Å². The van der Waals surface area contributed by atoms with E-state index in [1.54, 1.807) is 24.3 Å². The van der Waals surface area contributed by atoms with Crippen molar-refractivity contribution in [2.75, 3.05) is 6.61 Å². The minimum atomic E-state index is -0.351. The van der Waals surface area contributed by atoms with Gasteiger partial charge in [0.05, 0.1) is 23.1 Å². The Balaban J connectivity index is 1.58. The summed E-state index contributed by atoms with van der Waals surface area (Å²) in [7, 11) is 0. The van der Waals surface area contributed by atoms with Gasteiger partial charge < -0.3 is 9.26 Å². The number of para-hydroxylation sites is 2. The highest BCUT2D eigenvalue weighted by molar-refractivity contribution is 5.78. The van der Waals surface area contributed by atoms with Crippen LogP contribution in [0.4, 0.5) is 0 Å². The summed E-state index contributed by atoms with van der Waals surface area (Å²) >= 11 is 0. The third-order valence-corrected chi connectivity index (χ3v) is 5.18. The first-order valence-corrected chi connectivity index (χ1v) is 9.96. The Hall–Kier alpha value is -3.68. The van der Waals surface area contributed by atoms with E-state index in [-0.39, 0.29) is 29.7 Å². The first-order valence-electron chi connectivity index (χ1n) is 9.96. The van der Waals surface area contributed by atoms with Crippen molar-refractivity contribution in [2.45, 2.75) is 32.4 Å². The van der Waals surface area contributed by atoms with Crippen LogP contribution in [-0.2, 0) is 6.54 Å². The molecule has 0 radical (unpaired) electrons. The lowest BCUT2D eigenvalue weighted by Crippen LogP contribution is -2.39. The van der Waals surface area contributed by atoms with Gasteiger partial charge in [-0.25, -0.2) is 4.79 Å². The maximum atomic E-state index is 13.1. The zero-order valence-electron chi connectivity index (χ0n) is 16.4. The maximum Gasteiger partial charge on any atom is 0.332 e. The fourth-order valence-electron chi connectivity index (χ4n) is 3.64. The van der Waals surface area contributed by atoms with Crippen molar-refractivity contribution in [1.82, 2.24) is 19.3 Å². The first kappa shape index (κ1) is 18.4. The highest BCUT2D eigenvalue weighted by Crippen LogP contribution is 2.32. The van der Waals surface area contributed by atoms with Crippen LogP contribution in [-0.4, -0.2) is 25.9 Å². The van der Waals surface area contributed by atoms with Crippen molar-refractivity contribution in [2.24, 2.45) is 0 Å². The zero-order chi connectivity index (χ0) is 20.7. The fourth-order valence-corrected chi connectivity index (χ4v) is 3.64.